The molecule has 9 aromatic rings. The van der Waals surface area contributed by atoms with Gasteiger partial charge in [-0.1, -0.05) is 115 Å². The van der Waals surface area contributed by atoms with Gasteiger partial charge in [-0.25, -0.2) is 0 Å². The molecule has 11 rings (SSSR count). The van der Waals surface area contributed by atoms with Gasteiger partial charge < -0.3 is 13.9 Å². The molecule has 0 aliphatic heterocycles. The van der Waals surface area contributed by atoms with Crippen LogP contribution in [0.15, 0.2) is 180 Å². The van der Waals surface area contributed by atoms with Gasteiger partial charge >= 0.3 is 0 Å². The van der Waals surface area contributed by atoms with Crippen molar-refractivity contribution in [2.24, 2.45) is 5.92 Å². The van der Waals surface area contributed by atoms with E-state index in [4.69, 9.17) is 4.42 Å². The minimum atomic E-state index is 0.347. The lowest BCUT2D eigenvalue weighted by Crippen LogP contribution is -2.14. The highest BCUT2D eigenvalue weighted by Crippen LogP contribution is 2.45. The van der Waals surface area contributed by atoms with Crippen LogP contribution in [0.3, 0.4) is 0 Å². The summed E-state index contributed by atoms with van der Waals surface area (Å²) in [4.78, 5) is 2.40. The predicted octanol–water partition coefficient (Wildman–Crippen LogP) is 13.2. The number of para-hydroxylation sites is 3. The fourth-order valence-corrected chi connectivity index (χ4v) is 8.58. The summed E-state index contributed by atoms with van der Waals surface area (Å²) in [5.74, 6) is 0.739. The van der Waals surface area contributed by atoms with Crippen LogP contribution in [0.25, 0.3) is 66.3 Å². The number of nitrogens with zero attached hydrogens (tertiary/aromatic N) is 2. The third kappa shape index (κ3) is 4.31. The van der Waals surface area contributed by atoms with E-state index in [9.17, 15) is 0 Å². The standard InChI is InChI=1S/C48H32N2O/c1-2-11-34(12-3-1)50-44-16-8-6-14-40(44)41-26-23-37(30-45(41)50)49(36-24-27-47-43(29-36)42-15-7-9-17-46(42)51-47)35-22-25-39-33(28-35)21-20-32-19-18-31-10-4-5-13-38(31)48(32)39/h1-31,38H. The molecule has 7 aromatic carbocycles. The molecule has 0 spiro atoms. The molecule has 2 atom stereocenters. The van der Waals surface area contributed by atoms with E-state index in [1.807, 2.05) is 12.1 Å². The molecule has 2 unspecified atom stereocenters. The molecular weight excluding hydrogens is 621 g/mol. The van der Waals surface area contributed by atoms with Gasteiger partial charge in [0.15, 0.2) is 0 Å². The summed E-state index contributed by atoms with van der Waals surface area (Å²) in [7, 11) is 0. The van der Waals surface area contributed by atoms with Crippen molar-refractivity contribution < 1.29 is 4.42 Å². The predicted molar refractivity (Wildman–Crippen MR) is 214 cm³/mol. The first-order valence-corrected chi connectivity index (χ1v) is 17.7. The van der Waals surface area contributed by atoms with Gasteiger partial charge in [0.05, 0.1) is 11.0 Å². The largest absolute Gasteiger partial charge is 0.456 e. The quantitative estimate of drug-likeness (QED) is 0.189. The zero-order chi connectivity index (χ0) is 33.5. The summed E-state index contributed by atoms with van der Waals surface area (Å²) in [6.07, 6.45) is 13.7. The van der Waals surface area contributed by atoms with E-state index in [2.05, 4.69) is 179 Å². The van der Waals surface area contributed by atoms with Gasteiger partial charge in [-0.2, -0.15) is 0 Å². The van der Waals surface area contributed by atoms with Crippen molar-refractivity contribution in [3.8, 4) is 5.69 Å². The lowest BCUT2D eigenvalue weighted by atomic mass is 9.75. The summed E-state index contributed by atoms with van der Waals surface area (Å²) in [6.45, 7) is 0. The SMILES string of the molecule is C1=CC2C=Cc3ccc4cc(N(c5ccc6oc7ccccc7c6c5)c5ccc6c7ccccc7n(-c7ccccc7)c6c5)ccc4c3C2C=C1. The Morgan fingerprint density at radius 3 is 2.12 bits per heavy atom. The Morgan fingerprint density at radius 1 is 0.490 bits per heavy atom. The minimum absolute atomic E-state index is 0.347. The van der Waals surface area contributed by atoms with E-state index in [-0.39, 0.29) is 0 Å². The highest BCUT2D eigenvalue weighted by atomic mass is 16.3. The van der Waals surface area contributed by atoms with E-state index in [1.54, 1.807) is 0 Å². The summed E-state index contributed by atoms with van der Waals surface area (Å²) in [5.41, 5.74) is 11.3. The second kappa shape index (κ2) is 11.0. The topological polar surface area (TPSA) is 21.3 Å². The molecule has 0 N–H and O–H groups in total. The molecule has 0 amide bonds. The zero-order valence-electron chi connectivity index (χ0n) is 27.8. The molecule has 2 heterocycles. The number of furan rings is 1. The van der Waals surface area contributed by atoms with Crippen molar-refractivity contribution in [1.82, 2.24) is 4.57 Å². The summed E-state index contributed by atoms with van der Waals surface area (Å²) < 4.78 is 8.66. The molecule has 0 saturated carbocycles. The van der Waals surface area contributed by atoms with Gasteiger partial charge in [0.2, 0.25) is 0 Å². The highest BCUT2D eigenvalue weighted by Gasteiger charge is 2.26. The van der Waals surface area contributed by atoms with Crippen molar-refractivity contribution in [3.05, 3.63) is 187 Å². The third-order valence-electron chi connectivity index (χ3n) is 10.9. The number of rotatable bonds is 4. The molecule has 0 saturated heterocycles. The molecule has 0 radical (unpaired) electrons. The van der Waals surface area contributed by atoms with Crippen molar-refractivity contribution in [3.63, 3.8) is 0 Å². The number of anilines is 3. The number of allylic oxidation sites excluding steroid dienone is 5. The Morgan fingerprint density at radius 2 is 1.20 bits per heavy atom. The molecule has 2 aliphatic carbocycles. The van der Waals surface area contributed by atoms with Crippen molar-refractivity contribution in [2.45, 2.75) is 5.92 Å². The second-order valence-electron chi connectivity index (χ2n) is 13.7. The van der Waals surface area contributed by atoms with Gasteiger partial charge in [0.1, 0.15) is 11.2 Å². The molecule has 240 valence electrons. The molecule has 2 aliphatic rings. The maximum absolute atomic E-state index is 6.27. The molecule has 51 heavy (non-hydrogen) atoms. The van der Waals surface area contributed by atoms with Crippen molar-refractivity contribution in [1.29, 1.82) is 0 Å². The fraction of sp³-hybridized carbons (Fsp3) is 0.0417. The smallest absolute Gasteiger partial charge is 0.135 e. The molecular formula is C48H32N2O. The van der Waals surface area contributed by atoms with Crippen LogP contribution in [0, 0.1) is 5.92 Å². The van der Waals surface area contributed by atoms with Crippen molar-refractivity contribution >= 4 is 77.7 Å². The van der Waals surface area contributed by atoms with Crippen LogP contribution in [0.1, 0.15) is 17.0 Å². The Bertz CT molecular complexity index is 2940. The monoisotopic (exact) mass is 652 g/mol. The van der Waals surface area contributed by atoms with Crippen LogP contribution in [0.4, 0.5) is 17.1 Å². The normalized spacial score (nSPS) is 16.4. The lowest BCUT2D eigenvalue weighted by molar-refractivity contribution is 0.669. The number of hydrogen-bond donors (Lipinski definition) is 0. The minimum Gasteiger partial charge on any atom is -0.456 e. The van der Waals surface area contributed by atoms with Crippen LogP contribution in [0.2, 0.25) is 0 Å². The maximum Gasteiger partial charge on any atom is 0.135 e. The number of aromatic nitrogens is 1. The third-order valence-corrected chi connectivity index (χ3v) is 10.9. The van der Waals surface area contributed by atoms with Crippen LogP contribution in [-0.4, -0.2) is 4.57 Å². The van der Waals surface area contributed by atoms with Crippen molar-refractivity contribution in [2.75, 3.05) is 4.90 Å². The maximum atomic E-state index is 6.27. The van der Waals surface area contributed by atoms with E-state index < -0.39 is 0 Å². The number of fused-ring (bicyclic) bond motifs is 11. The van der Waals surface area contributed by atoms with Gasteiger partial charge in [-0.3, -0.25) is 0 Å². The summed E-state index contributed by atoms with van der Waals surface area (Å²) in [6, 6.07) is 52.8. The van der Waals surface area contributed by atoms with Crippen LogP contribution >= 0.6 is 0 Å². The lowest BCUT2D eigenvalue weighted by Gasteiger charge is -2.30. The average Bonchev–Trinajstić information content (AvgIpc) is 3.73. The number of hydrogen-bond acceptors (Lipinski definition) is 2. The van der Waals surface area contributed by atoms with Crippen LogP contribution < -0.4 is 4.90 Å². The first-order valence-electron chi connectivity index (χ1n) is 17.7. The molecule has 3 nitrogen and oxygen atoms in total. The van der Waals surface area contributed by atoms with E-state index in [0.717, 1.165) is 44.7 Å². The van der Waals surface area contributed by atoms with Gasteiger partial charge in [0, 0.05) is 56.1 Å². The van der Waals surface area contributed by atoms with Crippen LogP contribution in [-0.2, 0) is 0 Å². The first kappa shape index (κ1) is 28.3. The summed E-state index contributed by atoms with van der Waals surface area (Å²) in [5, 5.41) is 7.26. The van der Waals surface area contributed by atoms with Gasteiger partial charge in [0.25, 0.3) is 0 Å². The van der Waals surface area contributed by atoms with Gasteiger partial charge in [-0.15, -0.1) is 0 Å². The molecule has 0 fully saturated rings. The van der Waals surface area contributed by atoms with E-state index >= 15 is 0 Å². The van der Waals surface area contributed by atoms with Gasteiger partial charge in [-0.05, 0) is 88.6 Å². The van der Waals surface area contributed by atoms with E-state index in [1.165, 1.54) is 43.7 Å². The average molecular weight is 653 g/mol. The first-order chi connectivity index (χ1) is 25.3. The fourth-order valence-electron chi connectivity index (χ4n) is 8.58. The molecule has 2 aromatic heterocycles. The Hall–Kier alpha value is -6.58. The highest BCUT2D eigenvalue weighted by molar-refractivity contribution is 6.11. The summed E-state index contributed by atoms with van der Waals surface area (Å²) >= 11 is 0. The number of benzene rings is 7. The molecule has 3 heteroatoms. The Balaban J connectivity index is 1.16. The second-order valence-corrected chi connectivity index (χ2v) is 13.7. The Kier molecular flexibility index (Phi) is 6.08. The van der Waals surface area contributed by atoms with E-state index in [0.29, 0.717) is 11.8 Å². The zero-order valence-corrected chi connectivity index (χ0v) is 27.8. The molecule has 0 bridgehead atoms. The Labute approximate surface area is 295 Å². The van der Waals surface area contributed by atoms with Crippen LogP contribution in [0.5, 0.6) is 0 Å².